The van der Waals surface area contributed by atoms with Crippen LogP contribution < -0.4 is 5.32 Å². The van der Waals surface area contributed by atoms with E-state index in [1.807, 2.05) is 19.1 Å². The lowest BCUT2D eigenvalue weighted by atomic mass is 9.84. The van der Waals surface area contributed by atoms with Gasteiger partial charge < -0.3 is 15.2 Å². The van der Waals surface area contributed by atoms with Crippen molar-refractivity contribution in [3.63, 3.8) is 0 Å². The number of carboxylic acids is 1. The van der Waals surface area contributed by atoms with Crippen molar-refractivity contribution in [3.8, 4) is 0 Å². The van der Waals surface area contributed by atoms with Gasteiger partial charge in [-0.05, 0) is 43.7 Å². The highest BCUT2D eigenvalue weighted by Crippen LogP contribution is 2.47. The fraction of sp³-hybridized carbons (Fsp3) is 0.722. The zero-order valence-electron chi connectivity index (χ0n) is 13.6. The first kappa shape index (κ1) is 15.8. The molecular weight excluding hydrogens is 278 g/mol. The van der Waals surface area contributed by atoms with Crippen LogP contribution in [0, 0.1) is 35.5 Å². The van der Waals surface area contributed by atoms with Crippen LogP contribution in [0.4, 0.5) is 0 Å². The Kier molecular flexibility index (Phi) is 4.42. The second-order valence-electron chi connectivity index (χ2n) is 7.20. The highest BCUT2D eigenvalue weighted by Gasteiger charge is 2.47. The van der Waals surface area contributed by atoms with Crippen LogP contribution in [0.25, 0.3) is 0 Å². The van der Waals surface area contributed by atoms with Crippen molar-refractivity contribution in [3.05, 3.63) is 24.3 Å². The molecule has 4 aliphatic rings. The molecule has 2 aliphatic carbocycles. The number of hydrogen-bond acceptors (Lipinski definition) is 3. The number of rotatable bonds is 3. The molecule has 2 N–H and O–H groups in total. The minimum Gasteiger partial charge on any atom is -0.481 e. The first-order valence-electron chi connectivity index (χ1n) is 8.42. The lowest BCUT2D eigenvalue weighted by Gasteiger charge is -2.24. The summed E-state index contributed by atoms with van der Waals surface area (Å²) in [6.45, 7) is 5.52. The molecule has 0 radical (unpaired) electrons. The summed E-state index contributed by atoms with van der Waals surface area (Å²) < 4.78 is 5.37. The normalized spacial score (nSPS) is 46.9. The Balaban J connectivity index is 0.000000131. The maximum atomic E-state index is 10.7. The van der Waals surface area contributed by atoms with E-state index in [9.17, 15) is 4.79 Å². The van der Waals surface area contributed by atoms with Gasteiger partial charge in [0.25, 0.3) is 0 Å². The molecule has 2 fully saturated rings. The van der Waals surface area contributed by atoms with Crippen molar-refractivity contribution >= 4 is 5.97 Å². The van der Waals surface area contributed by atoms with E-state index in [0.29, 0.717) is 0 Å². The van der Waals surface area contributed by atoms with Crippen LogP contribution in [0.3, 0.4) is 0 Å². The van der Waals surface area contributed by atoms with Crippen molar-refractivity contribution in [1.29, 1.82) is 0 Å². The third-order valence-corrected chi connectivity index (χ3v) is 6.02. The molecule has 2 aliphatic heterocycles. The Labute approximate surface area is 132 Å². The van der Waals surface area contributed by atoms with Gasteiger partial charge in [-0.15, -0.1) is 0 Å². The summed E-state index contributed by atoms with van der Waals surface area (Å²) in [6, 6.07) is 0. The summed E-state index contributed by atoms with van der Waals surface area (Å²) in [5, 5.41) is 12.1. The topological polar surface area (TPSA) is 58.6 Å². The summed E-state index contributed by atoms with van der Waals surface area (Å²) >= 11 is 0. The molecule has 0 aromatic rings. The average molecular weight is 305 g/mol. The van der Waals surface area contributed by atoms with E-state index >= 15 is 0 Å². The predicted octanol–water partition coefficient (Wildman–Crippen LogP) is 2.32. The minimum atomic E-state index is -0.741. The molecule has 22 heavy (non-hydrogen) atoms. The first-order valence-corrected chi connectivity index (χ1v) is 8.42. The Hall–Kier alpha value is -1.13. The number of carboxylic acid groups (broad SMARTS) is 1. The third kappa shape index (κ3) is 2.63. The van der Waals surface area contributed by atoms with Gasteiger partial charge in [0.2, 0.25) is 0 Å². The number of ether oxygens (including phenoxy) is 1. The van der Waals surface area contributed by atoms with Crippen LogP contribution in [0.2, 0.25) is 0 Å². The fourth-order valence-electron chi connectivity index (χ4n) is 4.61. The van der Waals surface area contributed by atoms with E-state index in [0.717, 1.165) is 23.7 Å². The zero-order valence-corrected chi connectivity index (χ0v) is 13.6. The van der Waals surface area contributed by atoms with E-state index in [2.05, 4.69) is 31.4 Å². The van der Waals surface area contributed by atoms with Crippen LogP contribution in [-0.4, -0.2) is 36.9 Å². The molecule has 1 saturated heterocycles. The SMILES string of the molecule is CC1C2C=CC(O2)C1C(=O)O.CNCC1C2C=CC(C2)C1C. The molecule has 8 unspecified atom stereocenters. The van der Waals surface area contributed by atoms with Crippen LogP contribution >= 0.6 is 0 Å². The molecule has 122 valence electrons. The summed E-state index contributed by atoms with van der Waals surface area (Å²) in [5.74, 6) is 2.68. The second-order valence-corrected chi connectivity index (χ2v) is 7.20. The predicted molar refractivity (Wildman–Crippen MR) is 85.4 cm³/mol. The Morgan fingerprint density at radius 2 is 1.82 bits per heavy atom. The number of allylic oxidation sites excluding steroid dienone is 2. The van der Waals surface area contributed by atoms with Crippen LogP contribution in [-0.2, 0) is 9.53 Å². The molecule has 0 amide bonds. The standard InChI is InChI=1S/C10H17N.C8H10O3/c1-7-8-3-4-9(5-8)10(7)6-11-2;1-4-5-2-3-6(11-5)7(4)8(9)10/h3-4,7-11H,5-6H2,1-2H3;2-7H,1H3,(H,9,10). The van der Waals surface area contributed by atoms with Crippen molar-refractivity contribution in [2.45, 2.75) is 32.5 Å². The van der Waals surface area contributed by atoms with E-state index in [4.69, 9.17) is 9.84 Å². The van der Waals surface area contributed by atoms with Gasteiger partial charge in [-0.1, -0.05) is 38.2 Å². The second kappa shape index (κ2) is 6.17. The Morgan fingerprint density at radius 1 is 1.14 bits per heavy atom. The number of aliphatic carboxylic acids is 1. The molecular formula is C18H27NO3. The molecule has 4 nitrogen and oxygen atoms in total. The quantitative estimate of drug-likeness (QED) is 0.786. The van der Waals surface area contributed by atoms with Gasteiger partial charge in [0.1, 0.15) is 0 Å². The van der Waals surface area contributed by atoms with Gasteiger partial charge in [0.05, 0.1) is 18.1 Å². The third-order valence-electron chi connectivity index (χ3n) is 6.02. The number of fused-ring (bicyclic) bond motifs is 4. The molecule has 4 bridgehead atoms. The minimum absolute atomic E-state index is 0.0427. The summed E-state index contributed by atoms with van der Waals surface area (Å²) in [7, 11) is 2.06. The van der Waals surface area contributed by atoms with Crippen LogP contribution in [0.5, 0.6) is 0 Å². The number of nitrogens with one attached hydrogen (secondary N) is 1. The Morgan fingerprint density at radius 3 is 2.27 bits per heavy atom. The molecule has 8 atom stereocenters. The van der Waals surface area contributed by atoms with Crippen molar-refractivity contribution in [1.82, 2.24) is 5.32 Å². The average Bonchev–Trinajstić information content (AvgIpc) is 3.22. The molecule has 2 heterocycles. The lowest BCUT2D eigenvalue weighted by Crippen LogP contribution is -2.28. The van der Waals surface area contributed by atoms with Gasteiger partial charge in [-0.3, -0.25) is 4.79 Å². The molecule has 1 saturated carbocycles. The molecule has 4 heteroatoms. The maximum Gasteiger partial charge on any atom is 0.309 e. The summed E-state index contributed by atoms with van der Waals surface area (Å²) in [5.41, 5.74) is 0. The lowest BCUT2D eigenvalue weighted by molar-refractivity contribution is -0.143. The molecule has 4 rings (SSSR count). The van der Waals surface area contributed by atoms with Crippen LogP contribution in [0.1, 0.15) is 20.3 Å². The molecule has 0 aromatic carbocycles. The summed E-state index contributed by atoms with van der Waals surface area (Å²) in [4.78, 5) is 10.7. The number of carbonyl (C=O) groups is 1. The smallest absolute Gasteiger partial charge is 0.309 e. The number of hydrogen-bond donors (Lipinski definition) is 2. The fourth-order valence-corrected chi connectivity index (χ4v) is 4.61. The van der Waals surface area contributed by atoms with E-state index in [1.165, 1.54) is 13.0 Å². The Bertz CT molecular complexity index is 487. The largest absolute Gasteiger partial charge is 0.481 e. The van der Waals surface area contributed by atoms with E-state index in [-0.39, 0.29) is 24.0 Å². The van der Waals surface area contributed by atoms with E-state index in [1.54, 1.807) is 0 Å². The highest BCUT2D eigenvalue weighted by atomic mass is 16.5. The molecule has 0 aromatic heterocycles. The van der Waals surface area contributed by atoms with Crippen molar-refractivity contribution in [2.24, 2.45) is 35.5 Å². The van der Waals surface area contributed by atoms with Crippen molar-refractivity contribution < 1.29 is 14.6 Å². The van der Waals surface area contributed by atoms with Gasteiger partial charge in [-0.25, -0.2) is 0 Å². The van der Waals surface area contributed by atoms with Gasteiger partial charge in [0.15, 0.2) is 0 Å². The zero-order chi connectivity index (χ0) is 15.9. The van der Waals surface area contributed by atoms with Gasteiger partial charge in [-0.2, -0.15) is 0 Å². The maximum absolute atomic E-state index is 10.7. The van der Waals surface area contributed by atoms with Gasteiger partial charge >= 0.3 is 5.97 Å². The van der Waals surface area contributed by atoms with Gasteiger partial charge in [0, 0.05) is 5.92 Å². The molecule has 0 spiro atoms. The van der Waals surface area contributed by atoms with Crippen LogP contribution in [0.15, 0.2) is 24.3 Å². The first-order chi connectivity index (χ1) is 10.5. The van der Waals surface area contributed by atoms with E-state index < -0.39 is 5.97 Å². The summed E-state index contributed by atoms with van der Waals surface area (Å²) in [6.07, 6.45) is 9.94. The highest BCUT2D eigenvalue weighted by molar-refractivity contribution is 5.72. The monoisotopic (exact) mass is 305 g/mol. The van der Waals surface area contributed by atoms with Crippen molar-refractivity contribution in [2.75, 3.05) is 13.6 Å².